The van der Waals surface area contributed by atoms with Gasteiger partial charge in [-0.1, -0.05) is 35.9 Å². The SMILES string of the molecule is Cc1ccc(C(C#N)C(=O)c2cccc(F)c2F)cc1. The number of carbonyl (C=O) groups is 1. The van der Waals surface area contributed by atoms with Crippen molar-refractivity contribution >= 4 is 5.78 Å². The van der Waals surface area contributed by atoms with E-state index < -0.39 is 28.9 Å². The topological polar surface area (TPSA) is 40.9 Å². The van der Waals surface area contributed by atoms with E-state index >= 15 is 0 Å². The Balaban J connectivity index is 2.42. The first-order valence-electron chi connectivity index (χ1n) is 5.99. The molecule has 0 spiro atoms. The molecule has 0 saturated heterocycles. The highest BCUT2D eigenvalue weighted by Gasteiger charge is 2.25. The lowest BCUT2D eigenvalue weighted by molar-refractivity contribution is 0.0974. The number of hydrogen-bond acceptors (Lipinski definition) is 2. The summed E-state index contributed by atoms with van der Waals surface area (Å²) in [7, 11) is 0. The van der Waals surface area contributed by atoms with Gasteiger partial charge in [0.05, 0.1) is 11.6 Å². The third-order valence-electron chi connectivity index (χ3n) is 3.02. The molecule has 4 heteroatoms. The maximum atomic E-state index is 13.6. The first-order valence-corrected chi connectivity index (χ1v) is 5.99. The molecule has 0 heterocycles. The van der Waals surface area contributed by atoms with Gasteiger partial charge in [-0.25, -0.2) is 8.78 Å². The minimum atomic E-state index is -1.22. The zero-order chi connectivity index (χ0) is 14.7. The van der Waals surface area contributed by atoms with Crippen LogP contribution in [0, 0.1) is 29.9 Å². The van der Waals surface area contributed by atoms with Crippen LogP contribution in [0.15, 0.2) is 42.5 Å². The van der Waals surface area contributed by atoms with Crippen molar-refractivity contribution in [1.29, 1.82) is 5.26 Å². The lowest BCUT2D eigenvalue weighted by Crippen LogP contribution is -2.13. The highest BCUT2D eigenvalue weighted by Crippen LogP contribution is 2.23. The zero-order valence-corrected chi connectivity index (χ0v) is 10.7. The molecule has 0 saturated carbocycles. The van der Waals surface area contributed by atoms with Gasteiger partial charge >= 0.3 is 0 Å². The summed E-state index contributed by atoms with van der Waals surface area (Å²) in [5.74, 6) is -4.21. The van der Waals surface area contributed by atoms with Crippen LogP contribution in [-0.4, -0.2) is 5.78 Å². The van der Waals surface area contributed by atoms with Gasteiger partial charge in [0.25, 0.3) is 0 Å². The predicted molar refractivity (Wildman–Crippen MR) is 70.2 cm³/mol. The van der Waals surface area contributed by atoms with Gasteiger partial charge in [0.2, 0.25) is 0 Å². The molecule has 0 aliphatic heterocycles. The van der Waals surface area contributed by atoms with E-state index in [1.807, 2.05) is 13.0 Å². The van der Waals surface area contributed by atoms with E-state index in [4.69, 9.17) is 5.26 Å². The highest BCUT2D eigenvalue weighted by atomic mass is 19.2. The van der Waals surface area contributed by atoms with Crippen molar-refractivity contribution in [3.8, 4) is 6.07 Å². The normalized spacial score (nSPS) is 11.7. The third kappa shape index (κ3) is 2.57. The molecule has 0 aliphatic carbocycles. The van der Waals surface area contributed by atoms with Crippen molar-refractivity contribution in [2.75, 3.05) is 0 Å². The van der Waals surface area contributed by atoms with Crippen molar-refractivity contribution < 1.29 is 13.6 Å². The van der Waals surface area contributed by atoms with Gasteiger partial charge in [-0.3, -0.25) is 4.79 Å². The minimum Gasteiger partial charge on any atom is -0.292 e. The van der Waals surface area contributed by atoms with Crippen LogP contribution in [0.1, 0.15) is 27.4 Å². The van der Waals surface area contributed by atoms with Crippen molar-refractivity contribution in [2.24, 2.45) is 0 Å². The van der Waals surface area contributed by atoms with Crippen molar-refractivity contribution in [3.05, 3.63) is 70.8 Å². The molecule has 2 nitrogen and oxygen atoms in total. The van der Waals surface area contributed by atoms with E-state index in [-0.39, 0.29) is 0 Å². The van der Waals surface area contributed by atoms with Crippen LogP contribution in [-0.2, 0) is 0 Å². The van der Waals surface area contributed by atoms with Gasteiger partial charge in [0.1, 0.15) is 5.92 Å². The molecule has 0 bridgehead atoms. The first-order chi connectivity index (χ1) is 9.54. The smallest absolute Gasteiger partial charge is 0.187 e. The summed E-state index contributed by atoms with van der Waals surface area (Å²) in [6.45, 7) is 1.87. The van der Waals surface area contributed by atoms with Crippen LogP contribution >= 0.6 is 0 Å². The molecule has 1 atom stereocenters. The second-order valence-corrected chi connectivity index (χ2v) is 4.44. The number of carbonyl (C=O) groups excluding carboxylic acids is 1. The van der Waals surface area contributed by atoms with Crippen LogP contribution in [0.3, 0.4) is 0 Å². The molecule has 0 N–H and O–H groups in total. The molecular formula is C16H11F2NO. The fraction of sp³-hybridized carbons (Fsp3) is 0.125. The largest absolute Gasteiger partial charge is 0.292 e. The lowest BCUT2D eigenvalue weighted by Gasteiger charge is -2.10. The molecule has 0 aliphatic rings. The second-order valence-electron chi connectivity index (χ2n) is 4.44. The van der Waals surface area contributed by atoms with Gasteiger partial charge < -0.3 is 0 Å². The molecular weight excluding hydrogens is 260 g/mol. The fourth-order valence-corrected chi connectivity index (χ4v) is 1.89. The summed E-state index contributed by atoms with van der Waals surface area (Å²) in [5.41, 5.74) is 1.04. The summed E-state index contributed by atoms with van der Waals surface area (Å²) in [4.78, 5) is 12.2. The fourth-order valence-electron chi connectivity index (χ4n) is 1.89. The van der Waals surface area contributed by atoms with Gasteiger partial charge in [0.15, 0.2) is 17.4 Å². The van der Waals surface area contributed by atoms with Crippen molar-refractivity contribution in [2.45, 2.75) is 12.8 Å². The number of rotatable bonds is 3. The molecule has 20 heavy (non-hydrogen) atoms. The highest BCUT2D eigenvalue weighted by molar-refractivity contribution is 6.02. The maximum absolute atomic E-state index is 13.6. The number of Topliss-reactive ketones (excluding diaryl/α,β-unsaturated/α-hetero) is 1. The Kier molecular flexibility index (Phi) is 3.90. The molecule has 1 unspecified atom stereocenters. The summed E-state index contributed by atoms with van der Waals surface area (Å²) < 4.78 is 26.8. The number of ketones is 1. The molecule has 0 fully saturated rings. The van der Waals surface area contributed by atoms with E-state index in [1.165, 1.54) is 12.1 Å². The third-order valence-corrected chi connectivity index (χ3v) is 3.02. The summed E-state index contributed by atoms with van der Waals surface area (Å²) in [6, 6.07) is 12.0. The second kappa shape index (κ2) is 5.62. The molecule has 2 aromatic carbocycles. The molecule has 2 aromatic rings. The molecule has 2 rings (SSSR count). The van der Waals surface area contributed by atoms with Crippen molar-refractivity contribution in [1.82, 2.24) is 0 Å². The summed E-state index contributed by atoms with van der Waals surface area (Å²) >= 11 is 0. The Bertz CT molecular complexity index is 687. The minimum absolute atomic E-state index is 0.405. The van der Waals surface area contributed by atoms with E-state index in [0.717, 1.165) is 11.6 Å². The standard InChI is InChI=1S/C16H11F2NO/c1-10-5-7-11(8-6-10)13(9-19)16(20)12-3-2-4-14(17)15(12)18/h2-8,13H,1H3. The molecule has 100 valence electrons. The predicted octanol–water partition coefficient (Wildman–Crippen LogP) is 3.76. The molecule has 0 amide bonds. The Hall–Kier alpha value is -2.54. The van der Waals surface area contributed by atoms with Gasteiger partial charge in [-0.15, -0.1) is 0 Å². The van der Waals surface area contributed by atoms with E-state index in [1.54, 1.807) is 24.3 Å². The number of aryl methyl sites for hydroxylation is 1. The molecule has 0 aromatic heterocycles. The van der Waals surface area contributed by atoms with Gasteiger partial charge in [0, 0.05) is 0 Å². The summed E-state index contributed by atoms with van der Waals surface area (Å²) in [6.07, 6.45) is 0. The van der Waals surface area contributed by atoms with Crippen LogP contribution < -0.4 is 0 Å². The van der Waals surface area contributed by atoms with E-state index in [9.17, 15) is 13.6 Å². The quantitative estimate of drug-likeness (QED) is 0.797. The number of nitriles is 1. The van der Waals surface area contributed by atoms with E-state index in [2.05, 4.69) is 0 Å². The number of nitrogens with zero attached hydrogens (tertiary/aromatic N) is 1. The first kappa shape index (κ1) is 13.9. The van der Waals surface area contributed by atoms with Crippen LogP contribution in [0.25, 0.3) is 0 Å². The number of hydrogen-bond donors (Lipinski definition) is 0. The van der Waals surface area contributed by atoms with Gasteiger partial charge in [-0.2, -0.15) is 5.26 Å². The zero-order valence-electron chi connectivity index (χ0n) is 10.7. The van der Waals surface area contributed by atoms with Crippen LogP contribution in [0.4, 0.5) is 8.78 Å². The Morgan fingerprint density at radius 1 is 1.15 bits per heavy atom. The molecule has 0 radical (unpaired) electrons. The van der Waals surface area contributed by atoms with Crippen LogP contribution in [0.5, 0.6) is 0 Å². The average molecular weight is 271 g/mol. The number of benzene rings is 2. The number of halogens is 2. The lowest BCUT2D eigenvalue weighted by atomic mass is 9.91. The van der Waals surface area contributed by atoms with E-state index in [0.29, 0.717) is 5.56 Å². The Morgan fingerprint density at radius 3 is 2.40 bits per heavy atom. The Morgan fingerprint density at radius 2 is 1.80 bits per heavy atom. The average Bonchev–Trinajstić information content (AvgIpc) is 2.44. The maximum Gasteiger partial charge on any atom is 0.187 e. The van der Waals surface area contributed by atoms with Gasteiger partial charge in [-0.05, 0) is 24.6 Å². The summed E-state index contributed by atoms with van der Waals surface area (Å²) in [5, 5.41) is 9.15. The monoisotopic (exact) mass is 271 g/mol. The Labute approximate surface area is 115 Å². The van der Waals surface area contributed by atoms with Crippen LogP contribution in [0.2, 0.25) is 0 Å². The van der Waals surface area contributed by atoms with Crippen molar-refractivity contribution in [3.63, 3.8) is 0 Å².